The number of thiophene rings is 2. The zero-order chi connectivity index (χ0) is 11.9. The van der Waals surface area contributed by atoms with Crippen molar-refractivity contribution < 1.29 is 4.79 Å². The first-order chi connectivity index (χ1) is 8.36. The second-order valence-electron chi connectivity index (χ2n) is 3.42. The van der Waals surface area contributed by atoms with Gasteiger partial charge in [0.15, 0.2) is 0 Å². The van der Waals surface area contributed by atoms with Gasteiger partial charge in [0.2, 0.25) is 0 Å². The lowest BCUT2D eigenvalue weighted by molar-refractivity contribution is 0.0960. The largest absolute Gasteiger partial charge is 0.351 e. The molecule has 90 valence electrons. The van der Waals surface area contributed by atoms with Gasteiger partial charge in [-0.3, -0.25) is 4.79 Å². The van der Waals surface area contributed by atoms with Gasteiger partial charge in [-0.2, -0.15) is 23.1 Å². The highest BCUT2D eigenvalue weighted by atomic mass is 32.2. The molecule has 0 radical (unpaired) electrons. The molecule has 5 heteroatoms. The number of thioether (sulfide) groups is 1. The Kier molecular flexibility index (Phi) is 5.09. The standard InChI is InChI=1S/C12H13NOS3/c14-12(11-2-1-5-17-11)13-4-7-16-9-10-3-6-15-8-10/h1-3,5-6,8H,4,7,9H2,(H,13,14). The van der Waals surface area contributed by atoms with Gasteiger partial charge in [0, 0.05) is 18.1 Å². The van der Waals surface area contributed by atoms with Gasteiger partial charge in [-0.1, -0.05) is 6.07 Å². The highest BCUT2D eigenvalue weighted by Crippen LogP contribution is 2.14. The van der Waals surface area contributed by atoms with Crippen LogP contribution in [-0.4, -0.2) is 18.2 Å². The molecule has 2 nitrogen and oxygen atoms in total. The van der Waals surface area contributed by atoms with E-state index in [1.54, 1.807) is 11.3 Å². The van der Waals surface area contributed by atoms with E-state index in [0.717, 1.165) is 22.9 Å². The SMILES string of the molecule is O=C(NCCSCc1ccsc1)c1cccs1. The molecular weight excluding hydrogens is 270 g/mol. The third-order valence-corrected chi connectivity index (χ3v) is 4.76. The van der Waals surface area contributed by atoms with E-state index >= 15 is 0 Å². The van der Waals surface area contributed by atoms with E-state index in [1.165, 1.54) is 16.9 Å². The van der Waals surface area contributed by atoms with Gasteiger partial charge in [0.1, 0.15) is 0 Å². The molecule has 0 aliphatic rings. The Morgan fingerprint density at radius 1 is 1.35 bits per heavy atom. The lowest BCUT2D eigenvalue weighted by atomic mass is 10.4. The molecular formula is C12H13NOS3. The van der Waals surface area contributed by atoms with Crippen molar-refractivity contribution in [3.05, 3.63) is 44.8 Å². The number of hydrogen-bond acceptors (Lipinski definition) is 4. The van der Waals surface area contributed by atoms with E-state index in [0.29, 0.717) is 0 Å². The Morgan fingerprint density at radius 2 is 2.29 bits per heavy atom. The van der Waals surface area contributed by atoms with Crippen molar-refractivity contribution in [2.24, 2.45) is 0 Å². The molecule has 0 bridgehead atoms. The highest BCUT2D eigenvalue weighted by Gasteiger charge is 2.04. The average molecular weight is 283 g/mol. The fourth-order valence-corrected chi connectivity index (χ4v) is 3.52. The first-order valence-electron chi connectivity index (χ1n) is 5.27. The normalized spacial score (nSPS) is 10.4. The minimum atomic E-state index is 0.0381. The maximum atomic E-state index is 11.6. The summed E-state index contributed by atoms with van der Waals surface area (Å²) in [7, 11) is 0. The first kappa shape index (κ1) is 12.7. The quantitative estimate of drug-likeness (QED) is 0.822. The van der Waals surface area contributed by atoms with Crippen LogP contribution in [0.15, 0.2) is 34.3 Å². The van der Waals surface area contributed by atoms with Gasteiger partial charge < -0.3 is 5.32 Å². The lowest BCUT2D eigenvalue weighted by Gasteiger charge is -2.02. The van der Waals surface area contributed by atoms with Gasteiger partial charge in [-0.25, -0.2) is 0 Å². The smallest absolute Gasteiger partial charge is 0.261 e. The lowest BCUT2D eigenvalue weighted by Crippen LogP contribution is -2.24. The summed E-state index contributed by atoms with van der Waals surface area (Å²) in [5, 5.41) is 9.09. The van der Waals surface area contributed by atoms with Crippen molar-refractivity contribution in [1.82, 2.24) is 5.32 Å². The van der Waals surface area contributed by atoms with Crippen LogP contribution in [0.5, 0.6) is 0 Å². The van der Waals surface area contributed by atoms with E-state index in [2.05, 4.69) is 22.1 Å². The molecule has 0 spiro atoms. The van der Waals surface area contributed by atoms with Crippen molar-refractivity contribution in [2.45, 2.75) is 5.75 Å². The fraction of sp³-hybridized carbons (Fsp3) is 0.250. The average Bonchev–Trinajstić information content (AvgIpc) is 3.01. The molecule has 0 saturated heterocycles. The van der Waals surface area contributed by atoms with Gasteiger partial charge in [0.25, 0.3) is 5.91 Å². The molecule has 0 atom stereocenters. The summed E-state index contributed by atoms with van der Waals surface area (Å²) in [4.78, 5) is 12.4. The second kappa shape index (κ2) is 6.83. The minimum absolute atomic E-state index is 0.0381. The van der Waals surface area contributed by atoms with Crippen LogP contribution in [0.2, 0.25) is 0 Å². The molecule has 1 N–H and O–H groups in total. The molecule has 2 aromatic rings. The van der Waals surface area contributed by atoms with Crippen LogP contribution in [0.25, 0.3) is 0 Å². The Bertz CT molecular complexity index is 436. The third kappa shape index (κ3) is 4.18. The van der Waals surface area contributed by atoms with Crippen LogP contribution in [-0.2, 0) is 5.75 Å². The number of carbonyl (C=O) groups is 1. The monoisotopic (exact) mass is 283 g/mol. The molecule has 2 aromatic heterocycles. The topological polar surface area (TPSA) is 29.1 Å². The molecule has 0 unspecified atom stereocenters. The Balaban J connectivity index is 1.59. The predicted octanol–water partition coefficient (Wildman–Crippen LogP) is 3.47. The number of carbonyl (C=O) groups excluding carboxylic acids is 1. The fourth-order valence-electron chi connectivity index (χ4n) is 1.30. The highest BCUT2D eigenvalue weighted by molar-refractivity contribution is 7.98. The Hall–Kier alpha value is -0.780. The molecule has 1 amide bonds. The summed E-state index contributed by atoms with van der Waals surface area (Å²) in [5.74, 6) is 2.02. The van der Waals surface area contributed by atoms with E-state index in [1.807, 2.05) is 29.3 Å². The Labute approximate surface area is 113 Å². The summed E-state index contributed by atoms with van der Waals surface area (Å²) in [6, 6.07) is 5.88. The third-order valence-electron chi connectivity index (χ3n) is 2.13. The second-order valence-corrected chi connectivity index (χ2v) is 6.25. The Morgan fingerprint density at radius 3 is 3.00 bits per heavy atom. The first-order valence-corrected chi connectivity index (χ1v) is 8.24. The molecule has 0 aliphatic carbocycles. The van der Waals surface area contributed by atoms with Crippen molar-refractivity contribution >= 4 is 40.3 Å². The molecule has 2 heterocycles. The number of nitrogens with one attached hydrogen (secondary N) is 1. The van der Waals surface area contributed by atoms with Crippen molar-refractivity contribution in [3.63, 3.8) is 0 Å². The maximum Gasteiger partial charge on any atom is 0.261 e. The van der Waals surface area contributed by atoms with Crippen molar-refractivity contribution in [1.29, 1.82) is 0 Å². The summed E-state index contributed by atoms with van der Waals surface area (Å²) in [6.07, 6.45) is 0. The van der Waals surface area contributed by atoms with Gasteiger partial charge in [-0.05, 0) is 33.8 Å². The van der Waals surface area contributed by atoms with Crippen molar-refractivity contribution in [3.8, 4) is 0 Å². The molecule has 0 fully saturated rings. The van der Waals surface area contributed by atoms with Crippen LogP contribution in [0.1, 0.15) is 15.2 Å². The van der Waals surface area contributed by atoms with Crippen LogP contribution in [0, 0.1) is 0 Å². The van der Waals surface area contributed by atoms with Gasteiger partial charge >= 0.3 is 0 Å². The van der Waals surface area contributed by atoms with Crippen LogP contribution in [0.4, 0.5) is 0 Å². The summed E-state index contributed by atoms with van der Waals surface area (Å²) in [6.45, 7) is 0.728. The zero-order valence-corrected chi connectivity index (χ0v) is 11.7. The number of amides is 1. The van der Waals surface area contributed by atoms with Crippen LogP contribution in [0.3, 0.4) is 0 Å². The van der Waals surface area contributed by atoms with E-state index < -0.39 is 0 Å². The summed E-state index contributed by atoms with van der Waals surface area (Å²) in [5.41, 5.74) is 1.37. The minimum Gasteiger partial charge on any atom is -0.351 e. The summed E-state index contributed by atoms with van der Waals surface area (Å²) < 4.78 is 0. The molecule has 17 heavy (non-hydrogen) atoms. The molecule has 2 rings (SSSR count). The predicted molar refractivity (Wildman–Crippen MR) is 77.1 cm³/mol. The number of rotatable bonds is 6. The zero-order valence-electron chi connectivity index (χ0n) is 9.22. The molecule has 0 aromatic carbocycles. The van der Waals surface area contributed by atoms with Crippen LogP contribution >= 0.6 is 34.4 Å². The molecule has 0 aliphatic heterocycles. The van der Waals surface area contributed by atoms with E-state index in [4.69, 9.17) is 0 Å². The summed E-state index contributed by atoms with van der Waals surface area (Å²) >= 11 is 5.05. The van der Waals surface area contributed by atoms with Gasteiger partial charge in [0.05, 0.1) is 4.88 Å². The maximum absolute atomic E-state index is 11.6. The van der Waals surface area contributed by atoms with Gasteiger partial charge in [-0.15, -0.1) is 11.3 Å². The van der Waals surface area contributed by atoms with E-state index in [-0.39, 0.29) is 5.91 Å². The number of hydrogen-bond donors (Lipinski definition) is 1. The van der Waals surface area contributed by atoms with Crippen LogP contribution < -0.4 is 5.32 Å². The van der Waals surface area contributed by atoms with E-state index in [9.17, 15) is 4.79 Å². The molecule has 0 saturated carbocycles. The van der Waals surface area contributed by atoms with Crippen molar-refractivity contribution in [2.75, 3.05) is 12.3 Å².